The molecule has 4 nitrogen and oxygen atoms in total. The number of benzene rings is 2. The monoisotopic (exact) mass is 303 g/mol. The Kier molecular flexibility index (Phi) is 3.05. The van der Waals surface area contributed by atoms with Gasteiger partial charge in [-0.15, -0.1) is 10.2 Å². The zero-order valence-corrected chi connectivity index (χ0v) is 13.4. The van der Waals surface area contributed by atoms with E-state index in [2.05, 4.69) is 53.2 Å². The molecule has 0 aliphatic carbocycles. The van der Waals surface area contributed by atoms with Crippen LogP contribution in [-0.4, -0.2) is 0 Å². The quantitative estimate of drug-likeness (QED) is 0.408. The molecule has 4 heteroatoms. The van der Waals surface area contributed by atoms with Crippen LogP contribution >= 0.6 is 0 Å². The van der Waals surface area contributed by atoms with Crippen molar-refractivity contribution in [3.05, 3.63) is 65.4 Å². The smallest absolute Gasteiger partial charge is 0.232 e. The molecule has 0 unspecified atom stereocenters. The van der Waals surface area contributed by atoms with Crippen LogP contribution in [0.4, 0.5) is 28.6 Å². The summed E-state index contributed by atoms with van der Waals surface area (Å²) in [4.78, 5) is 2.10. The van der Waals surface area contributed by atoms with Gasteiger partial charge in [0.1, 0.15) is 17.1 Å². The maximum atomic E-state index is 5.97. The molecule has 23 heavy (non-hydrogen) atoms. The summed E-state index contributed by atoms with van der Waals surface area (Å²) in [6.45, 7) is 6.08. The molecular weight excluding hydrogens is 286 g/mol. The first-order chi connectivity index (χ1) is 11.1. The Labute approximate surface area is 135 Å². The lowest BCUT2D eigenvalue weighted by molar-refractivity contribution is 0.542. The third kappa shape index (κ3) is 2.23. The molecule has 0 saturated heterocycles. The van der Waals surface area contributed by atoms with Crippen LogP contribution in [-0.2, 0) is 0 Å². The number of furan rings is 1. The predicted molar refractivity (Wildman–Crippen MR) is 91.8 cm³/mol. The van der Waals surface area contributed by atoms with Crippen LogP contribution in [0.3, 0.4) is 0 Å². The number of aryl methyl sites for hydroxylation is 3. The fourth-order valence-corrected chi connectivity index (χ4v) is 2.89. The Morgan fingerprint density at radius 3 is 2.43 bits per heavy atom. The maximum Gasteiger partial charge on any atom is 0.232 e. The van der Waals surface area contributed by atoms with Crippen LogP contribution in [0.2, 0.25) is 0 Å². The van der Waals surface area contributed by atoms with Gasteiger partial charge in [0.15, 0.2) is 0 Å². The Balaban J connectivity index is 2.03. The van der Waals surface area contributed by atoms with E-state index in [1.54, 1.807) is 0 Å². The van der Waals surface area contributed by atoms with Crippen molar-refractivity contribution in [2.24, 2.45) is 10.2 Å². The van der Waals surface area contributed by atoms with Gasteiger partial charge in [0, 0.05) is 6.07 Å². The normalized spacial score (nSPS) is 12.7. The van der Waals surface area contributed by atoms with Gasteiger partial charge in [-0.05, 0) is 50.1 Å². The third-order valence-electron chi connectivity index (χ3n) is 4.01. The lowest BCUT2D eigenvalue weighted by Gasteiger charge is -2.24. The first-order valence-electron chi connectivity index (χ1n) is 7.62. The summed E-state index contributed by atoms with van der Waals surface area (Å²) < 4.78 is 5.97. The van der Waals surface area contributed by atoms with Gasteiger partial charge in [-0.1, -0.05) is 24.3 Å². The minimum Gasteiger partial charge on any atom is -0.443 e. The summed E-state index contributed by atoms with van der Waals surface area (Å²) in [5.41, 5.74) is 5.96. The van der Waals surface area contributed by atoms with E-state index >= 15 is 0 Å². The number of fused-ring (bicyclic) bond motifs is 2. The lowest BCUT2D eigenvalue weighted by Crippen LogP contribution is -2.10. The van der Waals surface area contributed by atoms with Crippen LogP contribution < -0.4 is 4.90 Å². The Hall–Kier alpha value is -2.88. The molecule has 0 spiro atoms. The highest BCUT2D eigenvalue weighted by Crippen LogP contribution is 2.49. The summed E-state index contributed by atoms with van der Waals surface area (Å²) in [5.74, 6) is 1.53. The Morgan fingerprint density at radius 1 is 0.826 bits per heavy atom. The number of nitrogens with zero attached hydrogens (tertiary/aromatic N) is 3. The van der Waals surface area contributed by atoms with Crippen LogP contribution in [0.25, 0.3) is 0 Å². The van der Waals surface area contributed by atoms with Gasteiger partial charge >= 0.3 is 0 Å². The number of anilines is 3. The highest BCUT2D eigenvalue weighted by Gasteiger charge is 2.26. The van der Waals surface area contributed by atoms with Crippen molar-refractivity contribution in [3.8, 4) is 0 Å². The van der Waals surface area contributed by atoms with Crippen molar-refractivity contribution >= 4 is 28.6 Å². The molecule has 0 fully saturated rings. The molecular formula is C19H17N3O. The number of hydrogen-bond acceptors (Lipinski definition) is 4. The summed E-state index contributed by atoms with van der Waals surface area (Å²) in [6, 6.07) is 16.4. The molecule has 1 aromatic heterocycles. The van der Waals surface area contributed by atoms with Crippen LogP contribution in [0.5, 0.6) is 0 Å². The average molecular weight is 303 g/mol. The molecule has 114 valence electrons. The van der Waals surface area contributed by atoms with E-state index in [1.165, 1.54) is 5.56 Å². The van der Waals surface area contributed by atoms with E-state index in [1.807, 2.05) is 31.2 Å². The molecule has 1 aliphatic rings. The molecule has 0 amide bonds. The minimum absolute atomic E-state index is 0.711. The van der Waals surface area contributed by atoms with E-state index in [4.69, 9.17) is 4.42 Å². The second-order valence-electron chi connectivity index (χ2n) is 5.86. The molecule has 0 N–H and O–H groups in total. The van der Waals surface area contributed by atoms with Gasteiger partial charge in [-0.2, -0.15) is 0 Å². The highest BCUT2D eigenvalue weighted by atomic mass is 16.4. The van der Waals surface area contributed by atoms with Gasteiger partial charge in [0.2, 0.25) is 5.88 Å². The van der Waals surface area contributed by atoms with Crippen molar-refractivity contribution in [2.75, 3.05) is 4.90 Å². The zero-order chi connectivity index (χ0) is 16.0. The summed E-state index contributed by atoms with van der Waals surface area (Å²) in [5, 5.41) is 8.82. The summed E-state index contributed by atoms with van der Waals surface area (Å²) >= 11 is 0. The molecule has 0 saturated carbocycles. The van der Waals surface area contributed by atoms with E-state index in [9.17, 15) is 0 Å². The van der Waals surface area contributed by atoms with E-state index in [0.29, 0.717) is 5.88 Å². The SMILES string of the molecule is Cc1ccc2c(c1)N=Nc1cc(C)oc1N2c1ccccc1C. The fourth-order valence-electron chi connectivity index (χ4n) is 2.89. The summed E-state index contributed by atoms with van der Waals surface area (Å²) in [7, 11) is 0. The second-order valence-corrected chi connectivity index (χ2v) is 5.86. The first-order valence-corrected chi connectivity index (χ1v) is 7.62. The van der Waals surface area contributed by atoms with Gasteiger partial charge in [-0.25, -0.2) is 0 Å². The molecule has 0 bridgehead atoms. The largest absolute Gasteiger partial charge is 0.443 e. The molecule has 0 atom stereocenters. The van der Waals surface area contributed by atoms with Crippen molar-refractivity contribution in [2.45, 2.75) is 20.8 Å². The molecule has 3 aromatic rings. The second kappa shape index (κ2) is 5.09. The molecule has 2 aromatic carbocycles. The van der Waals surface area contributed by atoms with E-state index in [0.717, 1.165) is 34.1 Å². The van der Waals surface area contributed by atoms with Crippen molar-refractivity contribution in [1.82, 2.24) is 0 Å². The van der Waals surface area contributed by atoms with Gasteiger partial charge in [0.05, 0.1) is 11.4 Å². The fraction of sp³-hybridized carbons (Fsp3) is 0.158. The van der Waals surface area contributed by atoms with Crippen LogP contribution in [0, 0.1) is 20.8 Å². The molecule has 2 heterocycles. The molecule has 1 aliphatic heterocycles. The lowest BCUT2D eigenvalue weighted by atomic mass is 10.1. The van der Waals surface area contributed by atoms with Crippen LogP contribution in [0.1, 0.15) is 16.9 Å². The van der Waals surface area contributed by atoms with Crippen molar-refractivity contribution in [1.29, 1.82) is 0 Å². The van der Waals surface area contributed by atoms with E-state index < -0.39 is 0 Å². The van der Waals surface area contributed by atoms with Crippen LogP contribution in [0.15, 0.2) is 63.2 Å². The maximum absolute atomic E-state index is 5.97. The van der Waals surface area contributed by atoms with Gasteiger partial charge < -0.3 is 4.42 Å². The minimum atomic E-state index is 0.711. The van der Waals surface area contributed by atoms with E-state index in [-0.39, 0.29) is 0 Å². The average Bonchev–Trinajstić information content (AvgIpc) is 2.83. The Morgan fingerprint density at radius 2 is 1.61 bits per heavy atom. The highest BCUT2D eigenvalue weighted by molar-refractivity contribution is 5.87. The summed E-state index contributed by atoms with van der Waals surface area (Å²) in [6.07, 6.45) is 0. The van der Waals surface area contributed by atoms with Gasteiger partial charge in [0.25, 0.3) is 0 Å². The number of hydrogen-bond donors (Lipinski definition) is 0. The topological polar surface area (TPSA) is 41.1 Å². The molecule has 0 radical (unpaired) electrons. The van der Waals surface area contributed by atoms with Crippen molar-refractivity contribution in [3.63, 3.8) is 0 Å². The number of rotatable bonds is 1. The van der Waals surface area contributed by atoms with Gasteiger partial charge in [-0.3, -0.25) is 4.90 Å². The number of para-hydroxylation sites is 1. The first kappa shape index (κ1) is 13.8. The molecule has 4 rings (SSSR count). The third-order valence-corrected chi connectivity index (χ3v) is 4.01. The number of azo groups is 1. The zero-order valence-electron chi connectivity index (χ0n) is 13.4. The standard InChI is InChI=1S/C19H17N3O/c1-12-8-9-18-15(10-12)20-21-16-11-14(3)23-19(16)22(18)17-7-5-4-6-13(17)2/h4-11H,1-3H3. The van der Waals surface area contributed by atoms with Crippen molar-refractivity contribution < 1.29 is 4.42 Å². The Bertz CT molecular complexity index is 924. The predicted octanol–water partition coefficient (Wildman–Crippen LogP) is 6.40.